The summed E-state index contributed by atoms with van der Waals surface area (Å²) < 4.78 is 24.6. The highest BCUT2D eigenvalue weighted by Gasteiger charge is 2.03. The van der Waals surface area contributed by atoms with Crippen LogP contribution in [-0.4, -0.2) is 13.5 Å². The van der Waals surface area contributed by atoms with Gasteiger partial charge in [0.2, 0.25) is 0 Å². The Bertz CT molecular complexity index is 359. The first kappa shape index (κ1) is 9.31. The highest BCUT2D eigenvalue weighted by Crippen LogP contribution is 2.20. The van der Waals surface area contributed by atoms with E-state index in [4.69, 9.17) is 16.9 Å². The van der Waals surface area contributed by atoms with Crippen molar-refractivity contribution in [3.05, 3.63) is 28.5 Å². The summed E-state index contributed by atoms with van der Waals surface area (Å²) >= 11 is 4.86. The lowest BCUT2D eigenvalue weighted by Gasteiger charge is -2.10. The molecule has 0 saturated carbocycles. The number of halogens is 1. The zero-order chi connectivity index (χ0) is 9.19. The summed E-state index contributed by atoms with van der Waals surface area (Å²) in [6.07, 6.45) is 0. The summed E-state index contributed by atoms with van der Waals surface area (Å²) in [4.78, 5) is -0.00602. The fraction of sp³-hybridized carbons (Fsp3) is 0. The van der Waals surface area contributed by atoms with E-state index in [2.05, 4.69) is 4.24 Å². The lowest BCUT2D eigenvalue weighted by atomic mass is 10.3. The molecule has 4 nitrogen and oxygen atoms in total. The molecule has 1 aromatic carbocycles. The molecule has 0 atom stereocenters. The van der Waals surface area contributed by atoms with Gasteiger partial charge in [0.1, 0.15) is 10.0 Å². The first-order valence-corrected chi connectivity index (χ1v) is 4.74. The van der Waals surface area contributed by atoms with Crippen LogP contribution in [0.3, 0.4) is 0 Å². The molecule has 1 aromatic rings. The van der Waals surface area contributed by atoms with Gasteiger partial charge >= 0.3 is 0 Å². The largest absolute Gasteiger partial charge is 0.593 e. The average molecular weight is 208 g/mol. The Morgan fingerprint density at radius 1 is 1.25 bits per heavy atom. The fourth-order valence-corrected chi connectivity index (χ4v) is 1.47. The molecule has 0 amide bonds. The van der Waals surface area contributed by atoms with Crippen molar-refractivity contribution >= 4 is 21.8 Å². The summed E-state index contributed by atoms with van der Waals surface area (Å²) in [5, 5.41) is 7.09. The molecule has 12 heavy (non-hydrogen) atoms. The van der Waals surface area contributed by atoms with Gasteiger partial charge in [-0.2, -0.15) is 0 Å². The Morgan fingerprint density at radius 2 is 1.75 bits per heavy atom. The molecule has 0 heterocycles. The van der Waals surface area contributed by atoms with Gasteiger partial charge in [-0.25, -0.2) is 8.42 Å². The third-order valence-corrected chi connectivity index (χ3v) is 2.84. The van der Waals surface area contributed by atoms with Gasteiger partial charge in [-0.15, -0.1) is 0 Å². The number of sulfonamides is 1. The maximum Gasteiger partial charge on any atom is 0.253 e. The van der Waals surface area contributed by atoms with E-state index in [-0.39, 0.29) is 10.6 Å². The minimum absolute atomic E-state index is 0.00602. The predicted molar refractivity (Wildman–Crippen MR) is 45.9 cm³/mol. The Hall–Kier alpha value is -0.780. The first-order valence-electron chi connectivity index (χ1n) is 2.96. The first-order chi connectivity index (χ1) is 5.56. The van der Waals surface area contributed by atoms with Gasteiger partial charge in [-0.05, 0) is 12.1 Å². The number of hydrogen-bond donors (Lipinski definition) is 0. The third kappa shape index (κ3) is 1.88. The van der Waals surface area contributed by atoms with E-state index < -0.39 is 10.0 Å². The van der Waals surface area contributed by atoms with Crippen molar-refractivity contribution < 1.29 is 13.5 Å². The second-order valence-corrected chi connectivity index (χ2v) is 4.04. The van der Waals surface area contributed by atoms with Crippen LogP contribution < -0.4 is 0 Å². The molecule has 0 spiro atoms. The molecular weight excluding hydrogens is 202 g/mol. The van der Waals surface area contributed by atoms with Crippen LogP contribution in [0.2, 0.25) is 0 Å². The molecule has 0 saturated heterocycles. The maximum atomic E-state index is 11.0. The van der Waals surface area contributed by atoms with Crippen LogP contribution in [0, 0.1) is 0 Å². The summed E-state index contributed by atoms with van der Waals surface area (Å²) in [6, 6.07) is 5.27. The molecule has 0 bridgehead atoms. The van der Waals surface area contributed by atoms with Gasteiger partial charge < -0.3 is 9.35 Å². The number of hydrogen-bond acceptors (Lipinski definition) is 2. The second-order valence-electron chi connectivity index (χ2n) is 2.07. The topological polar surface area (TPSA) is 71.1 Å². The Kier molecular flexibility index (Phi) is 2.56. The van der Waals surface area contributed by atoms with Crippen molar-refractivity contribution in [2.24, 2.45) is 0 Å². The molecule has 0 fully saturated rings. The van der Waals surface area contributed by atoms with Gasteiger partial charge in [0.15, 0.2) is 0 Å². The van der Waals surface area contributed by atoms with E-state index in [1.165, 1.54) is 24.3 Å². The molecule has 0 radical (unpaired) electrons. The molecule has 1 rings (SSSR count). The smallest absolute Gasteiger partial charge is 0.253 e. The standard InChI is InChI=1S/C6H5ClNO3S/c7-8-12(10,11)6-3-1-5(9)2-4-6/h1-4,9H/q-1/p+1. The lowest BCUT2D eigenvalue weighted by molar-refractivity contribution is 0.475. The number of benzene rings is 1. The van der Waals surface area contributed by atoms with E-state index >= 15 is 0 Å². The van der Waals surface area contributed by atoms with E-state index in [0.29, 0.717) is 0 Å². The van der Waals surface area contributed by atoms with Crippen molar-refractivity contribution in [3.63, 3.8) is 0 Å². The Balaban J connectivity index is 3.14. The van der Waals surface area contributed by atoms with Crippen molar-refractivity contribution in [2.75, 3.05) is 0 Å². The zero-order valence-corrected chi connectivity index (χ0v) is 7.43. The van der Waals surface area contributed by atoms with Crippen LogP contribution in [0.25, 0.3) is 4.24 Å². The number of rotatable bonds is 2. The van der Waals surface area contributed by atoms with Crippen LogP contribution in [0.4, 0.5) is 0 Å². The molecule has 0 aromatic heterocycles. The monoisotopic (exact) mass is 207 g/mol. The Labute approximate surface area is 75.0 Å². The average Bonchev–Trinajstić information content (AvgIpc) is 2.05. The van der Waals surface area contributed by atoms with Crippen LogP contribution in [-0.2, 0) is 10.0 Å². The summed E-state index contributed by atoms with van der Waals surface area (Å²) in [5.41, 5.74) is 0. The molecular formula is C6H6ClNO3S. The van der Waals surface area contributed by atoms with Crippen LogP contribution in [0.1, 0.15) is 0 Å². The van der Waals surface area contributed by atoms with Gasteiger partial charge in [0.05, 0.1) is 0 Å². The molecule has 0 aliphatic heterocycles. The van der Waals surface area contributed by atoms with E-state index in [0.717, 1.165) is 0 Å². The minimum atomic E-state index is -3.71. The van der Waals surface area contributed by atoms with E-state index in [1.807, 2.05) is 0 Å². The molecule has 6 heteroatoms. The highest BCUT2D eigenvalue weighted by molar-refractivity contribution is 7.95. The van der Waals surface area contributed by atoms with Gasteiger partial charge in [-0.1, -0.05) is 0 Å². The maximum absolute atomic E-state index is 11.0. The van der Waals surface area contributed by atoms with Gasteiger partial charge in [-0.3, -0.25) is 11.8 Å². The predicted octanol–water partition coefficient (Wildman–Crippen LogP) is 1.34. The van der Waals surface area contributed by atoms with Gasteiger partial charge in [0.25, 0.3) is 5.75 Å². The van der Waals surface area contributed by atoms with Crippen molar-refractivity contribution in [1.82, 2.24) is 0 Å². The molecule has 0 aliphatic carbocycles. The fourth-order valence-electron chi connectivity index (χ4n) is 0.667. The van der Waals surface area contributed by atoms with Gasteiger partial charge in [0, 0.05) is 17.0 Å². The SMILES string of the molecule is O=S(=O)([N-]Cl)c1ccc([OH2+])cc1. The molecule has 2 N–H and O–H groups in total. The van der Waals surface area contributed by atoms with E-state index in [9.17, 15) is 8.42 Å². The lowest BCUT2D eigenvalue weighted by Crippen LogP contribution is -1.94. The number of nitrogens with zero attached hydrogens (tertiary/aromatic N) is 1. The highest BCUT2D eigenvalue weighted by atomic mass is 35.5. The summed E-state index contributed by atoms with van der Waals surface area (Å²) in [5.74, 6) is 0.239. The Morgan fingerprint density at radius 3 is 2.17 bits per heavy atom. The van der Waals surface area contributed by atoms with Crippen molar-refractivity contribution in [2.45, 2.75) is 4.90 Å². The third-order valence-electron chi connectivity index (χ3n) is 1.24. The van der Waals surface area contributed by atoms with Crippen molar-refractivity contribution in [3.8, 4) is 5.75 Å². The van der Waals surface area contributed by atoms with Crippen molar-refractivity contribution in [1.29, 1.82) is 0 Å². The molecule has 66 valence electrons. The second kappa shape index (κ2) is 3.30. The minimum Gasteiger partial charge on any atom is -0.593 e. The van der Waals surface area contributed by atoms with Crippen LogP contribution in [0.5, 0.6) is 5.75 Å². The van der Waals surface area contributed by atoms with Crippen LogP contribution >= 0.6 is 11.8 Å². The van der Waals surface area contributed by atoms with E-state index in [1.54, 1.807) is 0 Å². The normalized spacial score (nSPS) is 11.4. The van der Waals surface area contributed by atoms with Crippen LogP contribution in [0.15, 0.2) is 29.2 Å². The molecule has 0 aliphatic rings. The summed E-state index contributed by atoms with van der Waals surface area (Å²) in [7, 11) is -3.71. The summed E-state index contributed by atoms with van der Waals surface area (Å²) in [6.45, 7) is 0. The zero-order valence-electron chi connectivity index (χ0n) is 5.86. The quantitative estimate of drug-likeness (QED) is 0.687. The molecule has 0 unspecified atom stereocenters.